The second-order valence-corrected chi connectivity index (χ2v) is 4.10. The molecule has 0 aliphatic carbocycles. The van der Waals surface area contributed by atoms with Crippen LogP contribution in [0.1, 0.15) is 5.69 Å². The molecule has 1 atom stereocenters. The fourth-order valence-electron chi connectivity index (χ4n) is 2.07. The van der Waals surface area contributed by atoms with E-state index in [4.69, 9.17) is 4.74 Å². The lowest BCUT2D eigenvalue weighted by atomic mass is 10.2. The Hall–Kier alpha value is -0.970. The predicted molar refractivity (Wildman–Crippen MR) is 63.2 cm³/mol. The van der Waals surface area contributed by atoms with Crippen LogP contribution >= 0.6 is 0 Å². The number of pyridine rings is 1. The molecule has 0 bridgehead atoms. The Morgan fingerprint density at radius 2 is 2.50 bits per heavy atom. The summed E-state index contributed by atoms with van der Waals surface area (Å²) < 4.78 is 5.25. The van der Waals surface area contributed by atoms with Gasteiger partial charge in [-0.3, -0.25) is 9.88 Å². The molecule has 0 spiro atoms. The first kappa shape index (κ1) is 11.5. The van der Waals surface area contributed by atoms with Crippen LogP contribution in [-0.2, 0) is 11.3 Å². The van der Waals surface area contributed by atoms with Gasteiger partial charge in [0.25, 0.3) is 0 Å². The summed E-state index contributed by atoms with van der Waals surface area (Å²) in [5, 5.41) is 3.39. The first-order valence-electron chi connectivity index (χ1n) is 5.74. The van der Waals surface area contributed by atoms with Gasteiger partial charge >= 0.3 is 0 Å². The van der Waals surface area contributed by atoms with Crippen molar-refractivity contribution in [3.05, 3.63) is 30.1 Å². The number of piperazine rings is 1. The lowest BCUT2D eigenvalue weighted by molar-refractivity contribution is 0.0679. The van der Waals surface area contributed by atoms with Gasteiger partial charge < -0.3 is 10.1 Å². The second kappa shape index (κ2) is 5.94. The Morgan fingerprint density at radius 1 is 1.56 bits per heavy atom. The Bertz CT molecular complexity index is 302. The summed E-state index contributed by atoms with van der Waals surface area (Å²) in [5.74, 6) is 0. The summed E-state index contributed by atoms with van der Waals surface area (Å²) in [4.78, 5) is 6.80. The molecule has 0 amide bonds. The average molecular weight is 221 g/mol. The van der Waals surface area contributed by atoms with Gasteiger partial charge in [-0.05, 0) is 12.1 Å². The van der Waals surface area contributed by atoms with E-state index in [1.54, 1.807) is 7.11 Å². The van der Waals surface area contributed by atoms with Crippen molar-refractivity contribution < 1.29 is 4.74 Å². The van der Waals surface area contributed by atoms with Gasteiger partial charge in [0.2, 0.25) is 0 Å². The van der Waals surface area contributed by atoms with Gasteiger partial charge in [0, 0.05) is 45.5 Å². The third-order valence-electron chi connectivity index (χ3n) is 2.92. The highest BCUT2D eigenvalue weighted by Crippen LogP contribution is 2.08. The van der Waals surface area contributed by atoms with Gasteiger partial charge in [-0.1, -0.05) is 6.07 Å². The maximum Gasteiger partial charge on any atom is 0.0630 e. The highest BCUT2D eigenvalue weighted by atomic mass is 16.5. The maximum absolute atomic E-state index is 5.25. The number of hydrogen-bond acceptors (Lipinski definition) is 4. The number of rotatable bonds is 4. The van der Waals surface area contributed by atoms with Crippen LogP contribution in [0.15, 0.2) is 24.4 Å². The number of aromatic nitrogens is 1. The lowest BCUT2D eigenvalue weighted by Gasteiger charge is -2.35. The minimum atomic E-state index is 0.459. The van der Waals surface area contributed by atoms with Gasteiger partial charge in [0.1, 0.15) is 0 Å². The standard InChI is InChI=1S/C12H19N3O/c1-16-10-12-8-13-6-7-15(12)9-11-4-2-3-5-14-11/h2-5,12-13H,6-10H2,1H3. The Kier molecular flexibility index (Phi) is 4.27. The fraction of sp³-hybridized carbons (Fsp3) is 0.583. The summed E-state index contributed by atoms with van der Waals surface area (Å²) in [6, 6.07) is 6.52. The molecular formula is C12H19N3O. The second-order valence-electron chi connectivity index (χ2n) is 4.10. The number of nitrogens with zero attached hydrogens (tertiary/aromatic N) is 2. The van der Waals surface area contributed by atoms with Gasteiger partial charge in [0.05, 0.1) is 12.3 Å². The molecule has 1 saturated heterocycles. The van der Waals surface area contributed by atoms with Crippen LogP contribution in [0, 0.1) is 0 Å². The monoisotopic (exact) mass is 221 g/mol. The molecule has 88 valence electrons. The molecule has 1 unspecified atom stereocenters. The van der Waals surface area contributed by atoms with Crippen molar-refractivity contribution in [2.24, 2.45) is 0 Å². The third-order valence-corrected chi connectivity index (χ3v) is 2.92. The van der Waals surface area contributed by atoms with E-state index in [1.165, 1.54) is 0 Å². The Labute approximate surface area is 96.6 Å². The van der Waals surface area contributed by atoms with Crippen LogP contribution in [0.3, 0.4) is 0 Å². The lowest BCUT2D eigenvalue weighted by Crippen LogP contribution is -2.52. The highest BCUT2D eigenvalue weighted by Gasteiger charge is 2.21. The van der Waals surface area contributed by atoms with E-state index in [-0.39, 0.29) is 0 Å². The normalized spacial score (nSPS) is 22.2. The average Bonchev–Trinajstić information content (AvgIpc) is 2.33. The van der Waals surface area contributed by atoms with E-state index in [2.05, 4.69) is 21.3 Å². The molecule has 16 heavy (non-hydrogen) atoms. The molecule has 1 aromatic rings. The maximum atomic E-state index is 5.25. The summed E-state index contributed by atoms with van der Waals surface area (Å²) in [6.45, 7) is 4.80. The summed E-state index contributed by atoms with van der Waals surface area (Å²) in [5.41, 5.74) is 1.13. The molecule has 1 aliphatic heterocycles. The Balaban J connectivity index is 1.96. The Morgan fingerprint density at radius 3 is 3.25 bits per heavy atom. The van der Waals surface area contributed by atoms with Crippen molar-refractivity contribution in [1.82, 2.24) is 15.2 Å². The minimum absolute atomic E-state index is 0.459. The minimum Gasteiger partial charge on any atom is -0.383 e. The zero-order chi connectivity index (χ0) is 11.2. The van der Waals surface area contributed by atoms with Crippen LogP contribution in [0.2, 0.25) is 0 Å². The van der Waals surface area contributed by atoms with E-state index >= 15 is 0 Å². The molecule has 1 N–H and O–H groups in total. The van der Waals surface area contributed by atoms with Crippen LogP contribution in [0.25, 0.3) is 0 Å². The number of methoxy groups -OCH3 is 1. The van der Waals surface area contributed by atoms with Crippen molar-refractivity contribution in [2.45, 2.75) is 12.6 Å². The summed E-state index contributed by atoms with van der Waals surface area (Å²) in [7, 11) is 1.76. The van der Waals surface area contributed by atoms with E-state index in [9.17, 15) is 0 Å². The molecule has 2 heterocycles. The smallest absolute Gasteiger partial charge is 0.0630 e. The van der Waals surface area contributed by atoms with Gasteiger partial charge in [-0.25, -0.2) is 0 Å². The SMILES string of the molecule is COCC1CNCCN1Cc1ccccn1. The van der Waals surface area contributed by atoms with Gasteiger partial charge in [0.15, 0.2) is 0 Å². The fourth-order valence-corrected chi connectivity index (χ4v) is 2.07. The molecule has 1 aromatic heterocycles. The van der Waals surface area contributed by atoms with E-state index in [0.717, 1.165) is 38.5 Å². The first-order chi connectivity index (χ1) is 7.90. The molecule has 0 saturated carbocycles. The topological polar surface area (TPSA) is 37.4 Å². The quantitative estimate of drug-likeness (QED) is 0.803. The van der Waals surface area contributed by atoms with E-state index in [0.29, 0.717) is 6.04 Å². The zero-order valence-electron chi connectivity index (χ0n) is 9.72. The van der Waals surface area contributed by atoms with Crippen molar-refractivity contribution in [2.75, 3.05) is 33.4 Å². The van der Waals surface area contributed by atoms with E-state index < -0.39 is 0 Å². The van der Waals surface area contributed by atoms with Crippen molar-refractivity contribution in [1.29, 1.82) is 0 Å². The van der Waals surface area contributed by atoms with Crippen LogP contribution < -0.4 is 5.32 Å². The van der Waals surface area contributed by atoms with Crippen LogP contribution in [0.4, 0.5) is 0 Å². The third kappa shape index (κ3) is 3.01. The van der Waals surface area contributed by atoms with Crippen molar-refractivity contribution in [3.63, 3.8) is 0 Å². The zero-order valence-corrected chi connectivity index (χ0v) is 9.72. The molecule has 4 nitrogen and oxygen atoms in total. The first-order valence-corrected chi connectivity index (χ1v) is 5.74. The van der Waals surface area contributed by atoms with Gasteiger partial charge in [-0.2, -0.15) is 0 Å². The number of hydrogen-bond donors (Lipinski definition) is 1. The summed E-state index contributed by atoms with van der Waals surface area (Å²) in [6.07, 6.45) is 1.85. The molecule has 1 fully saturated rings. The largest absolute Gasteiger partial charge is 0.383 e. The molecule has 2 rings (SSSR count). The molecule has 0 radical (unpaired) electrons. The molecule has 4 heteroatoms. The van der Waals surface area contributed by atoms with Crippen LogP contribution in [-0.4, -0.2) is 49.3 Å². The van der Waals surface area contributed by atoms with Crippen molar-refractivity contribution >= 4 is 0 Å². The highest BCUT2D eigenvalue weighted by molar-refractivity contribution is 5.04. The molecule has 0 aromatic carbocycles. The van der Waals surface area contributed by atoms with E-state index in [1.807, 2.05) is 18.3 Å². The number of nitrogens with one attached hydrogen (secondary N) is 1. The van der Waals surface area contributed by atoms with Crippen LogP contribution in [0.5, 0.6) is 0 Å². The van der Waals surface area contributed by atoms with Gasteiger partial charge in [-0.15, -0.1) is 0 Å². The molecular weight excluding hydrogens is 202 g/mol. The predicted octanol–water partition coefficient (Wildman–Crippen LogP) is 0.502. The van der Waals surface area contributed by atoms with Crippen molar-refractivity contribution in [3.8, 4) is 0 Å². The number of ether oxygens (including phenoxy) is 1. The summed E-state index contributed by atoms with van der Waals surface area (Å²) >= 11 is 0. The molecule has 1 aliphatic rings.